The minimum Gasteiger partial charge on any atom is -0.340 e. The van der Waals surface area contributed by atoms with E-state index in [1.807, 2.05) is 6.07 Å². The number of rotatable bonds is 9. The lowest BCUT2D eigenvalue weighted by atomic mass is 10.2. The van der Waals surface area contributed by atoms with Crippen LogP contribution >= 0.6 is 0 Å². The third kappa shape index (κ3) is 6.70. The molecule has 33 heavy (non-hydrogen) atoms. The molecule has 0 aliphatic carbocycles. The van der Waals surface area contributed by atoms with E-state index in [9.17, 15) is 26.4 Å². The van der Waals surface area contributed by atoms with E-state index in [2.05, 4.69) is 4.72 Å². The Morgan fingerprint density at radius 3 is 2.06 bits per heavy atom. The molecular weight excluding hydrogens is 466 g/mol. The van der Waals surface area contributed by atoms with Crippen LogP contribution in [0.3, 0.4) is 0 Å². The Balaban J connectivity index is 1.46. The van der Waals surface area contributed by atoms with Gasteiger partial charge in [-0.2, -0.15) is 4.31 Å². The first-order valence-corrected chi connectivity index (χ1v) is 13.6. The van der Waals surface area contributed by atoms with Gasteiger partial charge in [0.25, 0.3) is 0 Å². The second-order valence-electron chi connectivity index (χ2n) is 7.75. The number of piperazine rings is 1. The topological polar surface area (TPSA) is 121 Å². The lowest BCUT2D eigenvalue weighted by Gasteiger charge is -2.34. The summed E-state index contributed by atoms with van der Waals surface area (Å²) in [6.07, 6.45) is -0.0402. The molecular formula is C22H27N3O6S2. The minimum atomic E-state index is -3.81. The summed E-state index contributed by atoms with van der Waals surface area (Å²) in [7, 11) is -7.28. The van der Waals surface area contributed by atoms with Crippen molar-refractivity contribution in [3.05, 3.63) is 65.7 Å². The van der Waals surface area contributed by atoms with Crippen molar-refractivity contribution in [1.29, 1.82) is 0 Å². The predicted octanol–water partition coefficient (Wildman–Crippen LogP) is 1.23. The van der Waals surface area contributed by atoms with Crippen LogP contribution in [-0.4, -0.2) is 70.5 Å². The average molecular weight is 494 g/mol. The van der Waals surface area contributed by atoms with Gasteiger partial charge in [0.2, 0.25) is 26.0 Å². The lowest BCUT2D eigenvalue weighted by Crippen LogP contribution is -2.51. The van der Waals surface area contributed by atoms with Gasteiger partial charge in [-0.05, 0) is 24.6 Å². The molecule has 1 N–H and O–H groups in total. The first-order chi connectivity index (χ1) is 15.6. The van der Waals surface area contributed by atoms with Crippen molar-refractivity contribution in [1.82, 2.24) is 13.9 Å². The second kappa shape index (κ2) is 10.6. The molecule has 3 rings (SSSR count). The zero-order valence-corrected chi connectivity index (χ0v) is 19.9. The van der Waals surface area contributed by atoms with Gasteiger partial charge < -0.3 is 4.90 Å². The van der Waals surface area contributed by atoms with Crippen LogP contribution in [0.5, 0.6) is 0 Å². The smallest absolute Gasteiger partial charge is 0.240 e. The highest BCUT2D eigenvalue weighted by Gasteiger charge is 2.29. The number of carbonyl (C=O) groups is 2. The number of hydrogen-bond acceptors (Lipinski definition) is 6. The van der Waals surface area contributed by atoms with E-state index in [4.69, 9.17) is 0 Å². The van der Waals surface area contributed by atoms with Crippen molar-refractivity contribution >= 4 is 31.7 Å². The number of benzene rings is 2. The van der Waals surface area contributed by atoms with Crippen molar-refractivity contribution in [3.8, 4) is 0 Å². The van der Waals surface area contributed by atoms with Crippen molar-refractivity contribution < 1.29 is 26.4 Å². The van der Waals surface area contributed by atoms with Crippen LogP contribution in [0.15, 0.2) is 59.5 Å². The van der Waals surface area contributed by atoms with Gasteiger partial charge in [0.05, 0.1) is 10.6 Å². The van der Waals surface area contributed by atoms with Crippen LogP contribution < -0.4 is 4.72 Å². The van der Waals surface area contributed by atoms with Gasteiger partial charge in [-0.1, -0.05) is 42.5 Å². The summed E-state index contributed by atoms with van der Waals surface area (Å²) in [5, 5.41) is 0. The average Bonchev–Trinajstić information content (AvgIpc) is 2.79. The van der Waals surface area contributed by atoms with Crippen LogP contribution in [-0.2, 0) is 30.6 Å². The number of carbonyl (C=O) groups excluding carboxylic acids is 2. The SMILES string of the molecule is CC(=O)c1ccc(S(=O)(=O)NCCC(=O)N2CCN(S(=O)(=O)Cc3ccccc3)CC2)cc1. The molecule has 1 saturated heterocycles. The predicted molar refractivity (Wildman–Crippen MR) is 123 cm³/mol. The summed E-state index contributed by atoms with van der Waals surface area (Å²) in [6.45, 7) is 2.23. The number of hydrogen-bond donors (Lipinski definition) is 1. The monoisotopic (exact) mass is 493 g/mol. The highest BCUT2D eigenvalue weighted by atomic mass is 32.2. The number of Topliss-reactive ketones (excluding diaryl/α,β-unsaturated/α-hetero) is 1. The van der Waals surface area contributed by atoms with Gasteiger partial charge in [-0.15, -0.1) is 0 Å². The fourth-order valence-corrected chi connectivity index (χ4v) is 6.04. The Bertz CT molecular complexity index is 1190. The van der Waals surface area contributed by atoms with E-state index in [-0.39, 0.29) is 61.5 Å². The molecule has 1 fully saturated rings. The third-order valence-electron chi connectivity index (χ3n) is 5.38. The number of nitrogens with zero attached hydrogens (tertiary/aromatic N) is 2. The first kappa shape index (κ1) is 25.0. The molecule has 1 amide bonds. The van der Waals surface area contributed by atoms with E-state index in [1.165, 1.54) is 35.5 Å². The quantitative estimate of drug-likeness (QED) is 0.525. The summed E-state index contributed by atoms with van der Waals surface area (Å²) in [4.78, 5) is 25.3. The lowest BCUT2D eigenvalue weighted by molar-refractivity contribution is -0.132. The van der Waals surface area contributed by atoms with Crippen LogP contribution in [0.1, 0.15) is 29.3 Å². The Hall–Kier alpha value is -2.60. The number of sulfonamides is 2. The summed E-state index contributed by atoms with van der Waals surface area (Å²) in [5.74, 6) is -0.494. The molecule has 9 nitrogen and oxygen atoms in total. The van der Waals surface area contributed by atoms with Gasteiger partial charge >= 0.3 is 0 Å². The molecule has 0 unspecified atom stereocenters. The van der Waals surface area contributed by atoms with Crippen LogP contribution in [0.2, 0.25) is 0 Å². The Morgan fingerprint density at radius 1 is 0.879 bits per heavy atom. The fourth-order valence-electron chi connectivity index (χ4n) is 3.49. The summed E-state index contributed by atoms with van der Waals surface area (Å²) >= 11 is 0. The molecule has 1 aliphatic heterocycles. The van der Waals surface area contributed by atoms with Crippen molar-refractivity contribution in [2.45, 2.75) is 24.0 Å². The molecule has 0 spiro atoms. The van der Waals surface area contributed by atoms with Gasteiger partial charge in [0.1, 0.15) is 0 Å². The maximum Gasteiger partial charge on any atom is 0.240 e. The van der Waals surface area contributed by atoms with Gasteiger partial charge in [0.15, 0.2) is 5.78 Å². The normalized spacial score (nSPS) is 15.4. The first-order valence-electron chi connectivity index (χ1n) is 10.5. The molecule has 0 atom stereocenters. The van der Waals surface area contributed by atoms with Crippen molar-refractivity contribution in [3.63, 3.8) is 0 Å². The molecule has 2 aromatic carbocycles. The summed E-state index contributed by atoms with van der Waals surface area (Å²) in [5.41, 5.74) is 1.12. The number of ketones is 1. The van der Waals surface area contributed by atoms with E-state index >= 15 is 0 Å². The highest BCUT2D eigenvalue weighted by molar-refractivity contribution is 7.89. The highest BCUT2D eigenvalue weighted by Crippen LogP contribution is 2.15. The minimum absolute atomic E-state index is 0.0113. The zero-order chi connectivity index (χ0) is 24.1. The van der Waals surface area contributed by atoms with Gasteiger partial charge in [-0.3, -0.25) is 9.59 Å². The zero-order valence-electron chi connectivity index (χ0n) is 18.3. The summed E-state index contributed by atoms with van der Waals surface area (Å²) in [6, 6.07) is 14.5. The molecule has 1 heterocycles. The Morgan fingerprint density at radius 2 is 1.48 bits per heavy atom. The van der Waals surface area contributed by atoms with Crippen LogP contribution in [0, 0.1) is 0 Å². The van der Waals surface area contributed by atoms with E-state index in [0.717, 1.165) is 0 Å². The fraction of sp³-hybridized carbons (Fsp3) is 0.364. The molecule has 0 bridgehead atoms. The number of nitrogens with one attached hydrogen (secondary N) is 1. The largest absolute Gasteiger partial charge is 0.340 e. The Labute approximate surface area is 194 Å². The van der Waals surface area contributed by atoms with Gasteiger partial charge in [0, 0.05) is 44.7 Å². The number of amides is 1. The van der Waals surface area contributed by atoms with Crippen LogP contribution in [0.25, 0.3) is 0 Å². The molecule has 11 heteroatoms. The second-order valence-corrected chi connectivity index (χ2v) is 11.5. The van der Waals surface area contributed by atoms with Crippen molar-refractivity contribution in [2.75, 3.05) is 32.7 Å². The van der Waals surface area contributed by atoms with E-state index < -0.39 is 20.0 Å². The molecule has 0 saturated carbocycles. The van der Waals surface area contributed by atoms with E-state index in [1.54, 1.807) is 29.2 Å². The maximum atomic E-state index is 12.6. The Kier molecular flexibility index (Phi) is 8.01. The molecule has 2 aromatic rings. The van der Waals surface area contributed by atoms with Crippen LogP contribution in [0.4, 0.5) is 0 Å². The van der Waals surface area contributed by atoms with E-state index in [0.29, 0.717) is 11.1 Å². The maximum absolute atomic E-state index is 12.6. The standard InChI is InChI=1S/C22H27N3O6S2/c1-18(26)20-7-9-21(10-8-20)33(30,31)23-12-11-22(27)24-13-15-25(16-14-24)32(28,29)17-19-5-3-2-4-6-19/h2-10,23H,11-17H2,1H3. The van der Waals surface area contributed by atoms with Crippen molar-refractivity contribution in [2.24, 2.45) is 0 Å². The molecule has 178 valence electrons. The third-order valence-corrected chi connectivity index (χ3v) is 8.71. The molecule has 0 aromatic heterocycles. The summed E-state index contributed by atoms with van der Waals surface area (Å²) < 4.78 is 53.8. The van der Waals surface area contributed by atoms with Gasteiger partial charge in [-0.25, -0.2) is 21.6 Å². The molecule has 0 radical (unpaired) electrons. The molecule has 1 aliphatic rings.